The van der Waals surface area contributed by atoms with E-state index < -0.39 is 26.0 Å². The summed E-state index contributed by atoms with van der Waals surface area (Å²) in [6, 6.07) is 0.0496. The highest BCUT2D eigenvalue weighted by molar-refractivity contribution is 7.93. The normalized spacial score (nSPS) is 41.0. The van der Waals surface area contributed by atoms with Gasteiger partial charge < -0.3 is 10.8 Å². The molecule has 1 aliphatic heterocycles. The lowest BCUT2D eigenvalue weighted by Gasteiger charge is -2.44. The quantitative estimate of drug-likeness (QED) is 0.795. The van der Waals surface area contributed by atoms with Crippen LogP contribution in [0.4, 0.5) is 0 Å². The predicted molar refractivity (Wildman–Crippen MR) is 72.5 cm³/mol. The summed E-state index contributed by atoms with van der Waals surface area (Å²) in [5.41, 5.74) is 4.95. The molecule has 19 heavy (non-hydrogen) atoms. The maximum absolute atomic E-state index is 12.1. The number of rotatable bonds is 2. The summed E-state index contributed by atoms with van der Waals surface area (Å²) in [5, 5.41) is 9.70. The number of carboxylic acids is 1. The standard InChI is InChI=1S/C13H23NO4S/c1-12(2)10(5-8-19(12,17)18)13(11(15)16)6-3-9(14)4-7-13/h9-10H,3-8,14H2,1-2H3,(H,15,16). The zero-order valence-corrected chi connectivity index (χ0v) is 12.4. The molecular formula is C13H23NO4S. The van der Waals surface area contributed by atoms with Gasteiger partial charge in [-0.05, 0) is 51.9 Å². The molecule has 2 aliphatic rings. The Kier molecular flexibility index (Phi) is 3.46. The number of aliphatic carboxylic acids is 1. The SMILES string of the molecule is CC1(C)C(C2(C(=O)O)CCC(N)CC2)CCS1(=O)=O. The smallest absolute Gasteiger partial charge is 0.309 e. The Hall–Kier alpha value is -0.620. The van der Waals surface area contributed by atoms with Crippen molar-refractivity contribution in [2.75, 3.05) is 5.75 Å². The van der Waals surface area contributed by atoms with Crippen molar-refractivity contribution >= 4 is 15.8 Å². The van der Waals surface area contributed by atoms with Crippen LogP contribution in [-0.4, -0.2) is 36.0 Å². The average molecular weight is 289 g/mol. The lowest BCUT2D eigenvalue weighted by Crippen LogP contribution is -2.51. The fraction of sp³-hybridized carbons (Fsp3) is 0.923. The fourth-order valence-electron chi connectivity index (χ4n) is 3.91. The molecule has 3 N–H and O–H groups in total. The van der Waals surface area contributed by atoms with Crippen molar-refractivity contribution in [1.82, 2.24) is 0 Å². The third kappa shape index (κ3) is 2.09. The first-order valence-electron chi connectivity index (χ1n) is 6.85. The molecule has 1 saturated carbocycles. The number of carboxylic acid groups (broad SMARTS) is 1. The van der Waals surface area contributed by atoms with Crippen molar-refractivity contribution in [3.8, 4) is 0 Å². The van der Waals surface area contributed by atoms with Gasteiger partial charge in [-0.25, -0.2) is 8.42 Å². The summed E-state index contributed by atoms with van der Waals surface area (Å²) in [6.07, 6.45) is 2.77. The van der Waals surface area contributed by atoms with Crippen LogP contribution in [0.15, 0.2) is 0 Å². The molecule has 2 fully saturated rings. The molecule has 1 heterocycles. The third-order valence-electron chi connectivity index (χ3n) is 5.33. The van der Waals surface area contributed by atoms with E-state index in [1.54, 1.807) is 13.8 Å². The van der Waals surface area contributed by atoms with Gasteiger partial charge in [0.15, 0.2) is 9.84 Å². The summed E-state index contributed by atoms with van der Waals surface area (Å²) >= 11 is 0. The Morgan fingerprint density at radius 3 is 2.11 bits per heavy atom. The molecule has 110 valence electrons. The van der Waals surface area contributed by atoms with Crippen LogP contribution < -0.4 is 5.73 Å². The molecule has 0 aromatic carbocycles. The Labute approximate surface area is 114 Å². The van der Waals surface area contributed by atoms with Gasteiger partial charge in [-0.3, -0.25) is 4.79 Å². The minimum atomic E-state index is -3.20. The topological polar surface area (TPSA) is 97.5 Å². The number of nitrogens with two attached hydrogens (primary N) is 1. The highest BCUT2D eigenvalue weighted by Gasteiger charge is 2.60. The van der Waals surface area contributed by atoms with Gasteiger partial charge in [0.2, 0.25) is 0 Å². The number of hydrogen-bond donors (Lipinski definition) is 2. The number of sulfone groups is 1. The van der Waals surface area contributed by atoms with Crippen LogP contribution in [-0.2, 0) is 14.6 Å². The molecule has 0 spiro atoms. The van der Waals surface area contributed by atoms with Crippen LogP contribution in [0.2, 0.25) is 0 Å². The van der Waals surface area contributed by atoms with Gasteiger partial charge in [0.25, 0.3) is 0 Å². The summed E-state index contributed by atoms with van der Waals surface area (Å²) in [7, 11) is -3.20. The zero-order valence-electron chi connectivity index (χ0n) is 11.6. The van der Waals surface area contributed by atoms with E-state index in [9.17, 15) is 18.3 Å². The van der Waals surface area contributed by atoms with Crippen LogP contribution in [0.25, 0.3) is 0 Å². The number of hydrogen-bond acceptors (Lipinski definition) is 4. The van der Waals surface area contributed by atoms with Crippen molar-refractivity contribution in [1.29, 1.82) is 0 Å². The second-order valence-electron chi connectivity index (χ2n) is 6.56. The Bertz CT molecular complexity index is 475. The molecule has 1 atom stereocenters. The second kappa shape index (κ2) is 4.45. The van der Waals surface area contributed by atoms with Crippen LogP contribution in [0.1, 0.15) is 46.0 Å². The Morgan fingerprint density at radius 1 is 1.21 bits per heavy atom. The second-order valence-corrected chi connectivity index (χ2v) is 9.25. The Balaban J connectivity index is 2.40. The molecular weight excluding hydrogens is 266 g/mol. The van der Waals surface area contributed by atoms with E-state index >= 15 is 0 Å². The van der Waals surface area contributed by atoms with Gasteiger partial charge in [-0.1, -0.05) is 0 Å². The van der Waals surface area contributed by atoms with Crippen LogP contribution in [0, 0.1) is 11.3 Å². The first kappa shape index (κ1) is 14.8. The number of carbonyl (C=O) groups is 1. The summed E-state index contributed by atoms with van der Waals surface area (Å²) < 4.78 is 23.3. The van der Waals surface area contributed by atoms with E-state index in [2.05, 4.69) is 0 Å². The van der Waals surface area contributed by atoms with Crippen LogP contribution >= 0.6 is 0 Å². The molecule has 0 bridgehead atoms. The first-order chi connectivity index (χ1) is 8.63. The maximum Gasteiger partial charge on any atom is 0.309 e. The third-order valence-corrected chi connectivity index (χ3v) is 7.99. The van der Waals surface area contributed by atoms with E-state index in [1.807, 2.05) is 0 Å². The molecule has 5 nitrogen and oxygen atoms in total. The molecule has 6 heteroatoms. The molecule has 2 rings (SSSR count). The highest BCUT2D eigenvalue weighted by atomic mass is 32.2. The predicted octanol–water partition coefficient (Wildman–Crippen LogP) is 1.17. The van der Waals surface area contributed by atoms with E-state index in [0.717, 1.165) is 0 Å². The largest absolute Gasteiger partial charge is 0.481 e. The van der Waals surface area contributed by atoms with Gasteiger partial charge in [0.05, 0.1) is 15.9 Å². The zero-order chi connectivity index (χ0) is 14.5. The van der Waals surface area contributed by atoms with Gasteiger partial charge in [-0.2, -0.15) is 0 Å². The van der Waals surface area contributed by atoms with E-state index in [0.29, 0.717) is 32.1 Å². The summed E-state index contributed by atoms with van der Waals surface area (Å²) in [5.74, 6) is -1.06. The van der Waals surface area contributed by atoms with Crippen molar-refractivity contribution in [3.63, 3.8) is 0 Å². The van der Waals surface area contributed by atoms with E-state index in [-0.39, 0.29) is 17.7 Å². The fourth-order valence-corrected chi connectivity index (χ4v) is 5.76. The van der Waals surface area contributed by atoms with E-state index in [4.69, 9.17) is 5.73 Å². The molecule has 1 saturated heterocycles. The molecule has 0 aromatic rings. The lowest BCUT2D eigenvalue weighted by molar-refractivity contribution is -0.156. The minimum absolute atomic E-state index is 0.0496. The highest BCUT2D eigenvalue weighted by Crippen LogP contribution is 2.53. The van der Waals surface area contributed by atoms with Crippen molar-refractivity contribution in [2.45, 2.75) is 56.7 Å². The first-order valence-corrected chi connectivity index (χ1v) is 8.50. The Morgan fingerprint density at radius 2 is 1.74 bits per heavy atom. The summed E-state index contributed by atoms with van der Waals surface area (Å²) in [4.78, 5) is 11.8. The molecule has 1 unspecified atom stereocenters. The van der Waals surface area contributed by atoms with Gasteiger partial charge in [-0.15, -0.1) is 0 Å². The van der Waals surface area contributed by atoms with Crippen molar-refractivity contribution < 1.29 is 18.3 Å². The molecule has 0 aromatic heterocycles. The average Bonchev–Trinajstić information content (AvgIpc) is 2.51. The maximum atomic E-state index is 12.1. The lowest BCUT2D eigenvalue weighted by atomic mass is 9.61. The van der Waals surface area contributed by atoms with Crippen molar-refractivity contribution in [3.05, 3.63) is 0 Å². The van der Waals surface area contributed by atoms with Crippen LogP contribution in [0.5, 0.6) is 0 Å². The molecule has 1 aliphatic carbocycles. The van der Waals surface area contributed by atoms with Crippen LogP contribution in [0.3, 0.4) is 0 Å². The van der Waals surface area contributed by atoms with Gasteiger partial charge in [0.1, 0.15) is 0 Å². The summed E-state index contributed by atoms with van der Waals surface area (Å²) in [6.45, 7) is 3.36. The molecule has 0 radical (unpaired) electrons. The molecule has 0 amide bonds. The van der Waals surface area contributed by atoms with Gasteiger partial charge >= 0.3 is 5.97 Å². The van der Waals surface area contributed by atoms with E-state index in [1.165, 1.54) is 0 Å². The van der Waals surface area contributed by atoms with Gasteiger partial charge in [0, 0.05) is 6.04 Å². The minimum Gasteiger partial charge on any atom is -0.481 e. The monoisotopic (exact) mass is 289 g/mol. The van der Waals surface area contributed by atoms with Crippen molar-refractivity contribution in [2.24, 2.45) is 17.1 Å².